The molecule has 1 aromatic carbocycles. The van der Waals surface area contributed by atoms with Crippen LogP contribution in [0.1, 0.15) is 19.8 Å². The van der Waals surface area contributed by atoms with Crippen molar-refractivity contribution in [3.8, 4) is 0 Å². The van der Waals surface area contributed by atoms with Crippen LogP contribution >= 0.6 is 0 Å². The molecule has 1 aliphatic heterocycles. The first-order chi connectivity index (χ1) is 7.81. The van der Waals surface area contributed by atoms with Gasteiger partial charge >= 0.3 is 0 Å². The Bertz CT molecular complexity index is 317. The van der Waals surface area contributed by atoms with Gasteiger partial charge in [0.1, 0.15) is 5.82 Å². The molecular formula is C13H19FN2. The molecule has 0 saturated carbocycles. The van der Waals surface area contributed by atoms with Crippen LogP contribution in [0.3, 0.4) is 0 Å². The largest absolute Gasteiger partial charge is 0.369 e. The zero-order valence-corrected chi connectivity index (χ0v) is 9.75. The second-order valence-corrected chi connectivity index (χ2v) is 4.24. The molecule has 0 aromatic heterocycles. The topological polar surface area (TPSA) is 15.3 Å². The molecule has 2 nitrogen and oxygen atoms in total. The van der Waals surface area contributed by atoms with E-state index in [1.165, 1.54) is 12.8 Å². The van der Waals surface area contributed by atoms with E-state index in [1.807, 2.05) is 12.1 Å². The lowest BCUT2D eigenvalue weighted by Crippen LogP contribution is -2.43. The van der Waals surface area contributed by atoms with Gasteiger partial charge in [-0.3, -0.25) is 0 Å². The molecule has 2 rings (SSSR count). The smallest absolute Gasteiger partial charge is 0.123 e. The fourth-order valence-corrected chi connectivity index (χ4v) is 2.40. The minimum Gasteiger partial charge on any atom is -0.369 e. The third-order valence-electron chi connectivity index (χ3n) is 3.25. The Hall–Kier alpha value is -1.09. The van der Waals surface area contributed by atoms with Gasteiger partial charge in [0.05, 0.1) is 0 Å². The predicted molar refractivity (Wildman–Crippen MR) is 65.3 cm³/mol. The van der Waals surface area contributed by atoms with Gasteiger partial charge in [-0.2, -0.15) is 0 Å². The van der Waals surface area contributed by atoms with Crippen LogP contribution < -0.4 is 10.2 Å². The normalized spacial score (nSPS) is 17.4. The van der Waals surface area contributed by atoms with Crippen molar-refractivity contribution in [1.82, 2.24) is 5.32 Å². The van der Waals surface area contributed by atoms with Crippen molar-refractivity contribution in [2.45, 2.75) is 25.8 Å². The summed E-state index contributed by atoms with van der Waals surface area (Å²) in [5.41, 5.74) is 1.14. The molecule has 3 heteroatoms. The summed E-state index contributed by atoms with van der Waals surface area (Å²) in [7, 11) is 0. The number of anilines is 1. The number of piperidine rings is 1. The first kappa shape index (κ1) is 11.4. The number of benzene rings is 1. The van der Waals surface area contributed by atoms with Gasteiger partial charge in [0, 0.05) is 18.3 Å². The molecule has 0 aliphatic carbocycles. The van der Waals surface area contributed by atoms with Crippen LogP contribution in [-0.4, -0.2) is 25.7 Å². The molecule has 1 aromatic rings. The highest BCUT2D eigenvalue weighted by atomic mass is 19.1. The van der Waals surface area contributed by atoms with Crippen molar-refractivity contribution in [2.24, 2.45) is 0 Å². The zero-order chi connectivity index (χ0) is 11.4. The highest BCUT2D eigenvalue weighted by molar-refractivity contribution is 5.47. The van der Waals surface area contributed by atoms with Gasteiger partial charge < -0.3 is 10.2 Å². The minimum absolute atomic E-state index is 0.162. The Kier molecular flexibility index (Phi) is 3.78. The Balaban J connectivity index is 2.11. The Morgan fingerprint density at radius 1 is 1.25 bits per heavy atom. The van der Waals surface area contributed by atoms with Crippen LogP contribution in [0.5, 0.6) is 0 Å². The number of halogens is 1. The highest BCUT2D eigenvalue weighted by Gasteiger charge is 2.19. The summed E-state index contributed by atoms with van der Waals surface area (Å²) < 4.78 is 12.9. The monoisotopic (exact) mass is 222 g/mol. The van der Waals surface area contributed by atoms with Crippen molar-refractivity contribution in [1.29, 1.82) is 0 Å². The minimum atomic E-state index is -0.162. The summed E-state index contributed by atoms with van der Waals surface area (Å²) in [5, 5.41) is 3.37. The van der Waals surface area contributed by atoms with Crippen molar-refractivity contribution < 1.29 is 4.39 Å². The molecule has 0 atom stereocenters. The van der Waals surface area contributed by atoms with Crippen molar-refractivity contribution >= 4 is 5.69 Å². The predicted octanol–water partition coefficient (Wildman–Crippen LogP) is 2.40. The van der Waals surface area contributed by atoms with Gasteiger partial charge in [-0.05, 0) is 57.1 Å². The quantitative estimate of drug-likeness (QED) is 0.845. The van der Waals surface area contributed by atoms with E-state index in [9.17, 15) is 4.39 Å². The summed E-state index contributed by atoms with van der Waals surface area (Å²) in [4.78, 5) is 2.38. The van der Waals surface area contributed by atoms with Crippen LogP contribution in [0.25, 0.3) is 0 Å². The lowest BCUT2D eigenvalue weighted by Gasteiger charge is -2.35. The van der Waals surface area contributed by atoms with Crippen LogP contribution in [-0.2, 0) is 0 Å². The first-order valence-corrected chi connectivity index (χ1v) is 6.04. The zero-order valence-electron chi connectivity index (χ0n) is 9.75. The molecule has 1 fully saturated rings. The van der Waals surface area contributed by atoms with E-state index in [2.05, 4.69) is 17.1 Å². The maximum atomic E-state index is 12.9. The molecule has 0 bridgehead atoms. The molecule has 0 radical (unpaired) electrons. The van der Waals surface area contributed by atoms with Crippen molar-refractivity contribution in [3.63, 3.8) is 0 Å². The molecule has 0 spiro atoms. The van der Waals surface area contributed by atoms with E-state index >= 15 is 0 Å². The fraction of sp³-hybridized carbons (Fsp3) is 0.538. The fourth-order valence-electron chi connectivity index (χ4n) is 2.40. The molecule has 0 unspecified atom stereocenters. The molecule has 1 aliphatic rings. The van der Waals surface area contributed by atoms with E-state index in [1.54, 1.807) is 12.1 Å². The maximum absolute atomic E-state index is 12.9. The van der Waals surface area contributed by atoms with Gasteiger partial charge in [0.2, 0.25) is 0 Å². The van der Waals surface area contributed by atoms with Gasteiger partial charge in [-0.15, -0.1) is 0 Å². The number of nitrogens with one attached hydrogen (secondary N) is 1. The summed E-state index contributed by atoms with van der Waals surface area (Å²) in [6.45, 7) is 5.31. The second kappa shape index (κ2) is 5.30. The Morgan fingerprint density at radius 3 is 2.44 bits per heavy atom. The van der Waals surface area contributed by atoms with Gasteiger partial charge in [0.25, 0.3) is 0 Å². The highest BCUT2D eigenvalue weighted by Crippen LogP contribution is 2.21. The Morgan fingerprint density at radius 2 is 1.88 bits per heavy atom. The molecule has 88 valence electrons. The van der Waals surface area contributed by atoms with Crippen LogP contribution in [0.15, 0.2) is 24.3 Å². The maximum Gasteiger partial charge on any atom is 0.123 e. The molecule has 1 heterocycles. The number of hydrogen-bond donors (Lipinski definition) is 1. The summed E-state index contributed by atoms with van der Waals surface area (Å²) >= 11 is 0. The summed E-state index contributed by atoms with van der Waals surface area (Å²) in [6.07, 6.45) is 2.34. The molecule has 1 N–H and O–H groups in total. The number of rotatable bonds is 3. The second-order valence-electron chi connectivity index (χ2n) is 4.24. The molecular weight excluding hydrogens is 203 g/mol. The average Bonchev–Trinajstić information content (AvgIpc) is 2.34. The van der Waals surface area contributed by atoms with E-state index in [-0.39, 0.29) is 5.82 Å². The van der Waals surface area contributed by atoms with Crippen LogP contribution in [0, 0.1) is 5.82 Å². The van der Waals surface area contributed by atoms with Gasteiger partial charge in [-0.25, -0.2) is 4.39 Å². The Labute approximate surface area is 96.5 Å². The SMILES string of the molecule is CCN(c1ccc(F)cc1)C1CCNCC1. The van der Waals surface area contributed by atoms with Crippen molar-refractivity contribution in [3.05, 3.63) is 30.1 Å². The summed E-state index contributed by atoms with van der Waals surface area (Å²) in [5.74, 6) is -0.162. The van der Waals surface area contributed by atoms with Gasteiger partial charge in [0.15, 0.2) is 0 Å². The summed E-state index contributed by atoms with van der Waals surface area (Å²) in [6, 6.07) is 7.43. The molecule has 0 amide bonds. The van der Waals surface area contributed by atoms with E-state index in [4.69, 9.17) is 0 Å². The lowest BCUT2D eigenvalue weighted by molar-refractivity contribution is 0.433. The van der Waals surface area contributed by atoms with Gasteiger partial charge in [-0.1, -0.05) is 0 Å². The van der Waals surface area contributed by atoms with E-state index < -0.39 is 0 Å². The lowest BCUT2D eigenvalue weighted by atomic mass is 10.0. The third-order valence-corrected chi connectivity index (χ3v) is 3.25. The molecule has 16 heavy (non-hydrogen) atoms. The number of hydrogen-bond acceptors (Lipinski definition) is 2. The standard InChI is InChI=1S/C13H19FN2/c1-2-16(13-7-9-15-10-8-13)12-5-3-11(14)4-6-12/h3-6,13,15H,2,7-10H2,1H3. The van der Waals surface area contributed by atoms with Crippen LogP contribution in [0.2, 0.25) is 0 Å². The van der Waals surface area contributed by atoms with E-state index in [0.717, 1.165) is 25.3 Å². The van der Waals surface area contributed by atoms with Crippen LogP contribution in [0.4, 0.5) is 10.1 Å². The third kappa shape index (κ3) is 2.53. The molecule has 1 saturated heterocycles. The average molecular weight is 222 g/mol. The van der Waals surface area contributed by atoms with Crippen molar-refractivity contribution in [2.75, 3.05) is 24.5 Å². The van der Waals surface area contributed by atoms with E-state index in [0.29, 0.717) is 6.04 Å². The number of nitrogens with zero attached hydrogens (tertiary/aromatic N) is 1. The first-order valence-electron chi connectivity index (χ1n) is 6.04.